The lowest BCUT2D eigenvalue weighted by Crippen LogP contribution is -2.18. The summed E-state index contributed by atoms with van der Waals surface area (Å²) >= 11 is 1.59. The monoisotopic (exact) mass is 265 g/mol. The van der Waals surface area contributed by atoms with Crippen LogP contribution < -0.4 is 5.32 Å². The summed E-state index contributed by atoms with van der Waals surface area (Å²) in [4.78, 5) is 20.3. The van der Waals surface area contributed by atoms with E-state index in [4.69, 9.17) is 0 Å². The first-order chi connectivity index (χ1) is 8.70. The zero-order valence-electron chi connectivity index (χ0n) is 10.9. The molecule has 1 heterocycles. The Hall–Kier alpha value is -1.10. The zero-order valence-corrected chi connectivity index (χ0v) is 11.7. The van der Waals surface area contributed by atoms with Gasteiger partial charge in [0.05, 0.1) is 5.56 Å². The number of anilines is 1. The molecular formula is C13H19N3OS. The maximum atomic E-state index is 11.6. The summed E-state index contributed by atoms with van der Waals surface area (Å²) < 4.78 is 0. The lowest BCUT2D eigenvalue weighted by molar-refractivity contribution is 0.101. The van der Waals surface area contributed by atoms with Crippen LogP contribution >= 0.6 is 11.8 Å². The third-order valence-corrected chi connectivity index (χ3v) is 3.86. The Morgan fingerprint density at radius 3 is 2.83 bits per heavy atom. The maximum absolute atomic E-state index is 11.6. The molecule has 1 aliphatic rings. The highest BCUT2D eigenvalue weighted by Crippen LogP contribution is 2.24. The highest BCUT2D eigenvalue weighted by atomic mass is 32.2. The minimum Gasteiger partial charge on any atom is -0.367 e. The number of Topliss-reactive ketones (excluding diaryl/α,β-unsaturated/α-hetero) is 1. The van der Waals surface area contributed by atoms with Crippen molar-refractivity contribution in [3.05, 3.63) is 11.8 Å². The van der Waals surface area contributed by atoms with Crippen molar-refractivity contribution in [1.29, 1.82) is 0 Å². The molecule has 4 nitrogen and oxygen atoms in total. The number of rotatable bonds is 5. The summed E-state index contributed by atoms with van der Waals surface area (Å²) in [5, 5.41) is 4.14. The molecule has 1 N–H and O–H groups in total. The fraction of sp³-hybridized carbons (Fsp3) is 0.615. The molecule has 0 bridgehead atoms. The standard InChI is InChI=1S/C13H19N3OS/c1-3-18-13-14-8-11(9(2)17)12(16-13)15-10-6-4-5-7-10/h8,10H,3-7H2,1-2H3,(H,14,15,16). The summed E-state index contributed by atoms with van der Waals surface area (Å²) in [5.41, 5.74) is 0.599. The number of hydrogen-bond acceptors (Lipinski definition) is 5. The topological polar surface area (TPSA) is 54.9 Å². The first-order valence-electron chi connectivity index (χ1n) is 6.48. The molecule has 1 fully saturated rings. The molecule has 5 heteroatoms. The number of nitrogens with zero attached hydrogens (tertiary/aromatic N) is 2. The van der Waals surface area contributed by atoms with Crippen LogP contribution in [0.25, 0.3) is 0 Å². The fourth-order valence-corrected chi connectivity index (χ4v) is 2.74. The average Bonchev–Trinajstić information content (AvgIpc) is 2.82. The molecule has 0 spiro atoms. The smallest absolute Gasteiger partial charge is 0.189 e. The van der Waals surface area contributed by atoms with Gasteiger partial charge in [-0.05, 0) is 25.5 Å². The lowest BCUT2D eigenvalue weighted by Gasteiger charge is -2.15. The van der Waals surface area contributed by atoms with Gasteiger partial charge in [0.1, 0.15) is 5.82 Å². The number of hydrogen-bond donors (Lipinski definition) is 1. The van der Waals surface area contributed by atoms with Crippen LogP contribution in [0.3, 0.4) is 0 Å². The minimum atomic E-state index is 0.0172. The Morgan fingerprint density at radius 1 is 1.50 bits per heavy atom. The summed E-state index contributed by atoms with van der Waals surface area (Å²) in [6.45, 7) is 3.63. The number of thioether (sulfide) groups is 1. The number of carbonyl (C=O) groups is 1. The van der Waals surface area contributed by atoms with Gasteiger partial charge >= 0.3 is 0 Å². The molecule has 18 heavy (non-hydrogen) atoms. The fourth-order valence-electron chi connectivity index (χ4n) is 2.20. The van der Waals surface area contributed by atoms with Gasteiger partial charge in [-0.3, -0.25) is 4.79 Å². The van der Waals surface area contributed by atoms with Gasteiger partial charge in [-0.2, -0.15) is 0 Å². The van der Waals surface area contributed by atoms with Crippen molar-refractivity contribution in [2.75, 3.05) is 11.1 Å². The van der Waals surface area contributed by atoms with Crippen molar-refractivity contribution < 1.29 is 4.79 Å². The summed E-state index contributed by atoms with van der Waals surface area (Å²) in [6.07, 6.45) is 6.49. The van der Waals surface area contributed by atoms with Gasteiger partial charge in [0.2, 0.25) is 0 Å². The number of aromatic nitrogens is 2. The second kappa shape index (κ2) is 6.18. The third-order valence-electron chi connectivity index (χ3n) is 3.12. The average molecular weight is 265 g/mol. The molecule has 0 amide bonds. The second-order valence-electron chi connectivity index (χ2n) is 4.53. The largest absolute Gasteiger partial charge is 0.367 e. The number of carbonyl (C=O) groups excluding carboxylic acids is 1. The Labute approximate surface area is 112 Å². The van der Waals surface area contributed by atoms with Crippen molar-refractivity contribution in [3.8, 4) is 0 Å². The van der Waals surface area contributed by atoms with E-state index < -0.39 is 0 Å². The zero-order chi connectivity index (χ0) is 13.0. The highest BCUT2D eigenvalue weighted by Gasteiger charge is 2.18. The molecule has 1 aromatic rings. The van der Waals surface area contributed by atoms with Crippen LogP contribution in [0.15, 0.2) is 11.4 Å². The lowest BCUT2D eigenvalue weighted by atomic mass is 10.2. The molecule has 2 rings (SSSR count). The van der Waals surface area contributed by atoms with E-state index in [9.17, 15) is 4.79 Å². The molecule has 0 saturated heterocycles. The summed E-state index contributed by atoms with van der Waals surface area (Å²) in [6, 6.07) is 0.456. The van der Waals surface area contributed by atoms with Gasteiger partial charge < -0.3 is 5.32 Å². The van der Waals surface area contributed by atoms with Crippen LogP contribution in [-0.4, -0.2) is 27.5 Å². The highest BCUT2D eigenvalue weighted by molar-refractivity contribution is 7.99. The van der Waals surface area contributed by atoms with Crippen molar-refractivity contribution in [1.82, 2.24) is 9.97 Å². The van der Waals surface area contributed by atoms with Gasteiger partial charge in [-0.1, -0.05) is 31.5 Å². The van der Waals surface area contributed by atoms with Crippen LogP contribution in [-0.2, 0) is 0 Å². The van der Waals surface area contributed by atoms with Gasteiger partial charge in [-0.25, -0.2) is 9.97 Å². The Kier molecular flexibility index (Phi) is 4.58. The Balaban J connectivity index is 2.21. The summed E-state index contributed by atoms with van der Waals surface area (Å²) in [7, 11) is 0. The van der Waals surface area contributed by atoms with Crippen molar-refractivity contribution in [2.45, 2.75) is 50.7 Å². The molecule has 98 valence electrons. The molecule has 0 unspecified atom stereocenters. The van der Waals surface area contributed by atoms with E-state index >= 15 is 0 Å². The van der Waals surface area contributed by atoms with Gasteiger partial charge in [0, 0.05) is 12.2 Å². The van der Waals surface area contributed by atoms with E-state index in [2.05, 4.69) is 22.2 Å². The van der Waals surface area contributed by atoms with Crippen molar-refractivity contribution in [3.63, 3.8) is 0 Å². The van der Waals surface area contributed by atoms with Crippen LogP contribution in [0.5, 0.6) is 0 Å². The van der Waals surface area contributed by atoms with Crippen LogP contribution in [0.4, 0.5) is 5.82 Å². The number of nitrogens with one attached hydrogen (secondary N) is 1. The van der Waals surface area contributed by atoms with Gasteiger partial charge in [-0.15, -0.1) is 0 Å². The van der Waals surface area contributed by atoms with E-state index in [1.165, 1.54) is 12.8 Å². The van der Waals surface area contributed by atoms with Crippen molar-refractivity contribution >= 4 is 23.4 Å². The Morgan fingerprint density at radius 2 is 2.22 bits per heavy atom. The van der Waals surface area contributed by atoms with E-state index in [0.717, 1.165) is 23.8 Å². The molecule has 1 aromatic heterocycles. The van der Waals surface area contributed by atoms with E-state index in [0.29, 0.717) is 17.4 Å². The molecule has 1 saturated carbocycles. The molecule has 0 radical (unpaired) electrons. The van der Waals surface area contributed by atoms with Crippen LogP contribution in [0, 0.1) is 0 Å². The van der Waals surface area contributed by atoms with Crippen LogP contribution in [0.2, 0.25) is 0 Å². The second-order valence-corrected chi connectivity index (χ2v) is 5.76. The first-order valence-corrected chi connectivity index (χ1v) is 7.46. The third kappa shape index (κ3) is 3.22. The summed E-state index contributed by atoms with van der Waals surface area (Å²) in [5.74, 6) is 1.66. The van der Waals surface area contributed by atoms with E-state index in [1.54, 1.807) is 24.9 Å². The van der Waals surface area contributed by atoms with E-state index in [-0.39, 0.29) is 5.78 Å². The normalized spacial score (nSPS) is 15.9. The SMILES string of the molecule is CCSc1ncc(C(C)=O)c(NC2CCCC2)n1. The predicted octanol–water partition coefficient (Wildman–Crippen LogP) is 3.15. The number of ketones is 1. The van der Waals surface area contributed by atoms with E-state index in [1.807, 2.05) is 0 Å². The first kappa shape index (κ1) is 13.3. The molecule has 0 aromatic carbocycles. The Bertz CT molecular complexity index is 430. The van der Waals surface area contributed by atoms with Gasteiger partial charge in [0.25, 0.3) is 0 Å². The van der Waals surface area contributed by atoms with Gasteiger partial charge in [0.15, 0.2) is 10.9 Å². The maximum Gasteiger partial charge on any atom is 0.189 e. The molecule has 1 aliphatic carbocycles. The van der Waals surface area contributed by atoms with Crippen molar-refractivity contribution in [2.24, 2.45) is 0 Å². The quantitative estimate of drug-likeness (QED) is 0.503. The van der Waals surface area contributed by atoms with Crippen LogP contribution in [0.1, 0.15) is 49.9 Å². The molecule has 0 atom stereocenters. The molecular weight excluding hydrogens is 246 g/mol. The molecule has 0 aliphatic heterocycles. The predicted molar refractivity (Wildman–Crippen MR) is 74.3 cm³/mol. The minimum absolute atomic E-state index is 0.0172.